The van der Waals surface area contributed by atoms with Crippen LogP contribution in [0.4, 0.5) is 5.00 Å². The molecule has 1 aromatic heterocycles. The van der Waals surface area contributed by atoms with Crippen molar-refractivity contribution >= 4 is 28.2 Å². The van der Waals surface area contributed by atoms with Gasteiger partial charge in [-0.1, -0.05) is 31.5 Å². The second-order valence-electron chi connectivity index (χ2n) is 6.69. The molecule has 0 radical (unpaired) electrons. The normalized spacial score (nSPS) is 13.2. The molecule has 0 unspecified atom stereocenters. The summed E-state index contributed by atoms with van der Waals surface area (Å²) in [4.78, 5) is 24.5. The van der Waals surface area contributed by atoms with E-state index in [1.807, 2.05) is 12.3 Å². The lowest BCUT2D eigenvalue weighted by Crippen LogP contribution is -2.13. The van der Waals surface area contributed by atoms with Gasteiger partial charge in [-0.3, -0.25) is 4.79 Å². The van der Waals surface area contributed by atoms with E-state index in [9.17, 15) is 9.59 Å². The molecule has 1 amide bonds. The zero-order valence-corrected chi connectivity index (χ0v) is 16.2. The fourth-order valence-corrected chi connectivity index (χ4v) is 4.37. The van der Waals surface area contributed by atoms with Crippen LogP contribution in [0.15, 0.2) is 23.6 Å². The highest BCUT2D eigenvalue weighted by Gasteiger charge is 2.23. The number of rotatable bonds is 6. The van der Waals surface area contributed by atoms with Gasteiger partial charge in [0.15, 0.2) is 0 Å². The molecule has 1 N–H and O–H groups in total. The smallest absolute Gasteiger partial charge is 0.341 e. The molecule has 3 rings (SSSR count). The van der Waals surface area contributed by atoms with Gasteiger partial charge in [0.1, 0.15) is 10.6 Å². The minimum atomic E-state index is -0.412. The lowest BCUT2D eigenvalue weighted by Gasteiger charge is -2.16. The minimum Gasteiger partial charge on any atom is -0.465 e. The number of nitrogens with one attached hydrogen (secondary N) is 1. The Hall–Kier alpha value is -2.14. The maximum atomic E-state index is 12.4. The molecule has 0 saturated carbocycles. The Balaban J connectivity index is 1.94. The summed E-state index contributed by atoms with van der Waals surface area (Å²) in [5.41, 5.74) is 5.07. The Bertz CT molecular complexity index is 810. The number of aryl methyl sites for hydroxylation is 2. The molecule has 138 valence electrons. The zero-order valence-electron chi connectivity index (χ0n) is 15.4. The Morgan fingerprint density at radius 1 is 1.19 bits per heavy atom. The lowest BCUT2D eigenvalue weighted by molar-refractivity contribution is -0.116. The van der Waals surface area contributed by atoms with Crippen molar-refractivity contribution in [3.8, 4) is 11.1 Å². The van der Waals surface area contributed by atoms with E-state index in [4.69, 9.17) is 4.74 Å². The predicted molar refractivity (Wildman–Crippen MR) is 106 cm³/mol. The maximum absolute atomic E-state index is 12.4. The molecule has 0 saturated heterocycles. The Morgan fingerprint density at radius 3 is 2.69 bits per heavy atom. The van der Waals surface area contributed by atoms with Crippen LogP contribution in [0.25, 0.3) is 11.1 Å². The van der Waals surface area contributed by atoms with Gasteiger partial charge in [0.05, 0.1) is 7.11 Å². The van der Waals surface area contributed by atoms with Crippen LogP contribution in [0.1, 0.15) is 60.5 Å². The van der Waals surface area contributed by atoms with Crippen molar-refractivity contribution in [1.29, 1.82) is 0 Å². The third-order valence-electron chi connectivity index (χ3n) is 4.85. The van der Waals surface area contributed by atoms with Gasteiger partial charge < -0.3 is 10.1 Å². The first kappa shape index (κ1) is 18.6. The summed E-state index contributed by atoms with van der Waals surface area (Å²) in [6.07, 6.45) is 6.92. The predicted octanol–water partition coefficient (Wildman–Crippen LogP) is 5.21. The molecule has 0 atom stereocenters. The summed E-state index contributed by atoms with van der Waals surface area (Å²) in [6, 6.07) is 6.43. The highest BCUT2D eigenvalue weighted by atomic mass is 32.1. The standard InChI is InChI=1S/C21H25NO3S/c1-3-4-9-18(23)22-20-19(21(24)25-2)17(13-26-20)16-11-10-14-7-5-6-8-15(14)12-16/h10-13H,3-9H2,1-2H3,(H,22,23). The SMILES string of the molecule is CCCCC(=O)Nc1scc(-c2ccc3c(c2)CCCC3)c1C(=O)OC. The van der Waals surface area contributed by atoms with Gasteiger partial charge in [0.2, 0.25) is 5.91 Å². The topological polar surface area (TPSA) is 55.4 Å². The summed E-state index contributed by atoms with van der Waals surface area (Å²) >= 11 is 1.38. The van der Waals surface area contributed by atoms with Crippen molar-refractivity contribution in [2.75, 3.05) is 12.4 Å². The first-order valence-corrected chi connectivity index (χ1v) is 10.1. The molecule has 1 aliphatic carbocycles. The number of carbonyl (C=O) groups excluding carboxylic acids is 2. The average molecular weight is 372 g/mol. The number of benzene rings is 1. The fraction of sp³-hybridized carbons (Fsp3) is 0.429. The summed E-state index contributed by atoms with van der Waals surface area (Å²) in [7, 11) is 1.37. The molecule has 1 aliphatic rings. The van der Waals surface area contributed by atoms with E-state index >= 15 is 0 Å². The van der Waals surface area contributed by atoms with Crippen LogP contribution < -0.4 is 5.32 Å². The third kappa shape index (κ3) is 3.98. The van der Waals surface area contributed by atoms with E-state index in [1.54, 1.807) is 0 Å². The van der Waals surface area contributed by atoms with Crippen LogP contribution in [0, 0.1) is 0 Å². The maximum Gasteiger partial charge on any atom is 0.341 e. The van der Waals surface area contributed by atoms with Crippen molar-refractivity contribution < 1.29 is 14.3 Å². The molecule has 1 heterocycles. The highest BCUT2D eigenvalue weighted by molar-refractivity contribution is 7.15. The summed E-state index contributed by atoms with van der Waals surface area (Å²) in [5, 5.41) is 5.40. The van der Waals surface area contributed by atoms with E-state index in [0.29, 0.717) is 17.0 Å². The zero-order chi connectivity index (χ0) is 18.5. The van der Waals surface area contributed by atoms with Crippen molar-refractivity contribution in [1.82, 2.24) is 0 Å². The lowest BCUT2D eigenvalue weighted by atomic mass is 9.89. The number of methoxy groups -OCH3 is 1. The second-order valence-corrected chi connectivity index (χ2v) is 7.57. The van der Waals surface area contributed by atoms with Crippen molar-refractivity contribution in [3.05, 3.63) is 40.3 Å². The molecular weight excluding hydrogens is 346 g/mol. The molecular formula is C21H25NO3S. The molecule has 0 aliphatic heterocycles. The highest BCUT2D eigenvalue weighted by Crippen LogP contribution is 2.37. The van der Waals surface area contributed by atoms with E-state index in [0.717, 1.165) is 36.8 Å². The Labute approximate surface area is 158 Å². The number of thiophene rings is 1. The first-order valence-electron chi connectivity index (χ1n) is 9.25. The third-order valence-corrected chi connectivity index (χ3v) is 5.75. The number of hydrogen-bond donors (Lipinski definition) is 1. The summed E-state index contributed by atoms with van der Waals surface area (Å²) < 4.78 is 4.99. The van der Waals surface area contributed by atoms with Gasteiger partial charge in [-0.2, -0.15) is 0 Å². The number of carbonyl (C=O) groups is 2. The van der Waals surface area contributed by atoms with Crippen LogP contribution in [0.5, 0.6) is 0 Å². The molecule has 26 heavy (non-hydrogen) atoms. The van der Waals surface area contributed by atoms with Gasteiger partial charge in [0, 0.05) is 17.4 Å². The van der Waals surface area contributed by atoms with Crippen molar-refractivity contribution in [2.45, 2.75) is 51.9 Å². The molecule has 0 spiro atoms. The molecule has 1 aromatic carbocycles. The van der Waals surface area contributed by atoms with Gasteiger partial charge in [-0.25, -0.2) is 4.79 Å². The number of hydrogen-bond acceptors (Lipinski definition) is 4. The number of anilines is 1. The minimum absolute atomic E-state index is 0.0594. The van der Waals surface area contributed by atoms with Crippen molar-refractivity contribution in [3.63, 3.8) is 0 Å². The number of fused-ring (bicyclic) bond motifs is 1. The van der Waals surface area contributed by atoms with Crippen LogP contribution in [-0.4, -0.2) is 19.0 Å². The Morgan fingerprint density at radius 2 is 1.96 bits per heavy atom. The average Bonchev–Trinajstić information content (AvgIpc) is 3.08. The second kappa shape index (κ2) is 8.49. The summed E-state index contributed by atoms with van der Waals surface area (Å²) in [5.74, 6) is -0.472. The fourth-order valence-electron chi connectivity index (χ4n) is 3.39. The van der Waals surface area contributed by atoms with E-state index < -0.39 is 5.97 Å². The van der Waals surface area contributed by atoms with E-state index in [1.165, 1.54) is 42.4 Å². The van der Waals surface area contributed by atoms with Gasteiger partial charge in [-0.15, -0.1) is 11.3 Å². The van der Waals surface area contributed by atoms with Crippen LogP contribution in [-0.2, 0) is 22.4 Å². The molecule has 5 heteroatoms. The summed E-state index contributed by atoms with van der Waals surface area (Å²) in [6.45, 7) is 2.05. The molecule has 0 fully saturated rings. The quantitative estimate of drug-likeness (QED) is 0.709. The monoisotopic (exact) mass is 371 g/mol. The van der Waals surface area contributed by atoms with Crippen LogP contribution in [0.2, 0.25) is 0 Å². The van der Waals surface area contributed by atoms with Crippen molar-refractivity contribution in [2.24, 2.45) is 0 Å². The largest absolute Gasteiger partial charge is 0.465 e. The number of ether oxygens (including phenoxy) is 1. The first-order chi connectivity index (χ1) is 12.6. The Kier molecular flexibility index (Phi) is 6.09. The van der Waals surface area contributed by atoms with E-state index in [-0.39, 0.29) is 5.91 Å². The van der Waals surface area contributed by atoms with Gasteiger partial charge in [0.25, 0.3) is 0 Å². The number of esters is 1. The van der Waals surface area contributed by atoms with Crippen LogP contribution in [0.3, 0.4) is 0 Å². The van der Waals surface area contributed by atoms with Crippen LogP contribution >= 0.6 is 11.3 Å². The van der Waals surface area contributed by atoms with Gasteiger partial charge in [-0.05, 0) is 48.8 Å². The number of amides is 1. The molecule has 4 nitrogen and oxygen atoms in total. The molecule has 0 bridgehead atoms. The van der Waals surface area contributed by atoms with E-state index in [2.05, 4.69) is 23.5 Å². The molecule has 2 aromatic rings. The number of unbranched alkanes of at least 4 members (excludes halogenated alkanes) is 1. The van der Waals surface area contributed by atoms with Gasteiger partial charge >= 0.3 is 5.97 Å².